The molecule has 4 heteroatoms. The Labute approximate surface area is 68.9 Å². The van der Waals surface area contributed by atoms with Gasteiger partial charge in [0.15, 0.2) is 0 Å². The molecule has 0 saturated heterocycles. The zero-order valence-electron chi connectivity index (χ0n) is 7.34. The smallest absolute Gasteiger partial charge is 0.0104 e. The molecule has 0 unspecified atom stereocenters. The Morgan fingerprint density at radius 3 is 2.36 bits per heavy atom. The van der Waals surface area contributed by atoms with E-state index in [1.807, 2.05) is 0 Å². The van der Waals surface area contributed by atoms with Gasteiger partial charge in [0.05, 0.1) is 0 Å². The SMILES string of the molecule is CN(CCN)CCNCCN. The maximum atomic E-state index is 5.38. The predicted octanol–water partition coefficient (Wildman–Crippen LogP) is -1.57. The van der Waals surface area contributed by atoms with Crippen LogP contribution in [0.3, 0.4) is 0 Å². The molecule has 0 spiro atoms. The Morgan fingerprint density at radius 2 is 1.82 bits per heavy atom. The van der Waals surface area contributed by atoms with E-state index in [9.17, 15) is 0 Å². The van der Waals surface area contributed by atoms with Crippen molar-refractivity contribution >= 4 is 0 Å². The van der Waals surface area contributed by atoms with Crippen molar-refractivity contribution in [1.82, 2.24) is 10.2 Å². The number of hydrogen-bond acceptors (Lipinski definition) is 4. The summed E-state index contributed by atoms with van der Waals surface area (Å²) < 4.78 is 0. The van der Waals surface area contributed by atoms with Crippen molar-refractivity contribution < 1.29 is 0 Å². The van der Waals surface area contributed by atoms with Crippen LogP contribution in [0.5, 0.6) is 0 Å². The lowest BCUT2D eigenvalue weighted by atomic mass is 10.5. The minimum absolute atomic E-state index is 0.709. The molecule has 5 N–H and O–H groups in total. The summed E-state index contributed by atoms with van der Waals surface area (Å²) in [6.07, 6.45) is 0. The van der Waals surface area contributed by atoms with E-state index in [1.54, 1.807) is 0 Å². The third kappa shape index (κ3) is 7.74. The molecule has 0 amide bonds. The molecule has 0 aliphatic carbocycles. The highest BCUT2D eigenvalue weighted by atomic mass is 15.1. The monoisotopic (exact) mass is 160 g/mol. The zero-order chi connectivity index (χ0) is 8.53. The standard InChI is InChI=1S/C7H20N4/c1-11(6-3-9)7-5-10-4-2-8/h10H,2-9H2,1H3. The summed E-state index contributed by atoms with van der Waals surface area (Å²) in [5.41, 5.74) is 10.7. The van der Waals surface area contributed by atoms with Crippen LogP contribution in [0.15, 0.2) is 0 Å². The summed E-state index contributed by atoms with van der Waals surface area (Å²) in [6, 6.07) is 0. The second-order valence-corrected chi connectivity index (χ2v) is 2.63. The van der Waals surface area contributed by atoms with Gasteiger partial charge in [-0.05, 0) is 7.05 Å². The summed E-state index contributed by atoms with van der Waals surface area (Å²) in [7, 11) is 2.07. The summed E-state index contributed by atoms with van der Waals surface area (Å²) in [4.78, 5) is 2.20. The quantitative estimate of drug-likeness (QED) is 0.393. The van der Waals surface area contributed by atoms with E-state index >= 15 is 0 Å². The zero-order valence-corrected chi connectivity index (χ0v) is 7.34. The average Bonchev–Trinajstić information content (AvgIpc) is 1.99. The highest BCUT2D eigenvalue weighted by Crippen LogP contribution is 1.76. The fourth-order valence-corrected chi connectivity index (χ4v) is 0.829. The van der Waals surface area contributed by atoms with E-state index < -0.39 is 0 Å². The second kappa shape index (κ2) is 7.94. The van der Waals surface area contributed by atoms with Crippen molar-refractivity contribution in [3.63, 3.8) is 0 Å². The molecular weight excluding hydrogens is 140 g/mol. The van der Waals surface area contributed by atoms with E-state index in [0.717, 1.165) is 32.7 Å². The summed E-state index contributed by atoms with van der Waals surface area (Å²) in [5, 5.41) is 3.22. The number of rotatable bonds is 7. The van der Waals surface area contributed by atoms with E-state index in [-0.39, 0.29) is 0 Å². The van der Waals surface area contributed by atoms with Crippen molar-refractivity contribution in [3.05, 3.63) is 0 Å². The van der Waals surface area contributed by atoms with E-state index in [1.165, 1.54) is 0 Å². The Balaban J connectivity index is 2.97. The predicted molar refractivity (Wildman–Crippen MR) is 48.5 cm³/mol. The number of nitrogens with one attached hydrogen (secondary N) is 1. The molecule has 0 aromatic carbocycles. The van der Waals surface area contributed by atoms with Crippen LogP contribution in [0.2, 0.25) is 0 Å². The first-order valence-corrected chi connectivity index (χ1v) is 4.10. The topological polar surface area (TPSA) is 67.3 Å². The molecule has 0 aliphatic rings. The van der Waals surface area contributed by atoms with E-state index in [2.05, 4.69) is 17.3 Å². The molecule has 68 valence electrons. The molecule has 11 heavy (non-hydrogen) atoms. The molecule has 0 radical (unpaired) electrons. The van der Waals surface area contributed by atoms with Crippen LogP contribution in [0.25, 0.3) is 0 Å². The maximum absolute atomic E-state index is 5.38. The van der Waals surface area contributed by atoms with Gasteiger partial charge in [0.25, 0.3) is 0 Å². The van der Waals surface area contributed by atoms with Gasteiger partial charge in [0.1, 0.15) is 0 Å². The molecule has 0 aromatic heterocycles. The Hall–Kier alpha value is -0.160. The summed E-state index contributed by atoms with van der Waals surface area (Å²) in [6.45, 7) is 5.33. The van der Waals surface area contributed by atoms with Crippen LogP contribution in [0.1, 0.15) is 0 Å². The van der Waals surface area contributed by atoms with Gasteiger partial charge >= 0.3 is 0 Å². The molecule has 0 aliphatic heterocycles. The lowest BCUT2D eigenvalue weighted by Gasteiger charge is -2.14. The fraction of sp³-hybridized carbons (Fsp3) is 1.00. The molecule has 0 aromatic rings. The Bertz CT molecular complexity index is 76.8. The first kappa shape index (κ1) is 10.8. The van der Waals surface area contributed by atoms with Crippen LogP contribution in [0, 0.1) is 0 Å². The summed E-state index contributed by atoms with van der Waals surface area (Å²) in [5.74, 6) is 0. The van der Waals surface area contributed by atoms with Gasteiger partial charge in [-0.3, -0.25) is 0 Å². The van der Waals surface area contributed by atoms with Crippen molar-refractivity contribution in [1.29, 1.82) is 0 Å². The number of nitrogens with zero attached hydrogens (tertiary/aromatic N) is 1. The van der Waals surface area contributed by atoms with Gasteiger partial charge in [-0.25, -0.2) is 0 Å². The minimum atomic E-state index is 0.709. The van der Waals surface area contributed by atoms with Gasteiger partial charge in [-0.2, -0.15) is 0 Å². The molecule has 0 rings (SSSR count). The fourth-order valence-electron chi connectivity index (χ4n) is 0.829. The van der Waals surface area contributed by atoms with Gasteiger partial charge in [0.2, 0.25) is 0 Å². The largest absolute Gasteiger partial charge is 0.329 e. The third-order valence-corrected chi connectivity index (χ3v) is 1.50. The van der Waals surface area contributed by atoms with Gasteiger partial charge in [0, 0.05) is 39.3 Å². The van der Waals surface area contributed by atoms with E-state index in [4.69, 9.17) is 11.5 Å². The molecule has 0 heterocycles. The molecular formula is C7H20N4. The van der Waals surface area contributed by atoms with E-state index in [0.29, 0.717) is 6.54 Å². The van der Waals surface area contributed by atoms with Crippen LogP contribution in [0.4, 0.5) is 0 Å². The van der Waals surface area contributed by atoms with Crippen molar-refractivity contribution in [2.24, 2.45) is 11.5 Å². The molecule has 4 nitrogen and oxygen atoms in total. The lowest BCUT2D eigenvalue weighted by molar-refractivity contribution is 0.341. The number of nitrogens with two attached hydrogens (primary N) is 2. The minimum Gasteiger partial charge on any atom is -0.329 e. The highest BCUT2D eigenvalue weighted by molar-refractivity contribution is 4.54. The third-order valence-electron chi connectivity index (χ3n) is 1.50. The second-order valence-electron chi connectivity index (χ2n) is 2.63. The first-order valence-electron chi connectivity index (χ1n) is 4.10. The highest BCUT2D eigenvalue weighted by Gasteiger charge is 1.93. The molecule has 0 bridgehead atoms. The normalized spacial score (nSPS) is 10.9. The molecule has 0 saturated carbocycles. The molecule has 0 atom stereocenters. The number of likely N-dealkylation sites (N-methyl/N-ethyl adjacent to an activating group) is 1. The van der Waals surface area contributed by atoms with Crippen molar-refractivity contribution in [2.45, 2.75) is 0 Å². The maximum Gasteiger partial charge on any atom is 0.0104 e. The Kier molecular flexibility index (Phi) is 7.83. The van der Waals surface area contributed by atoms with Crippen LogP contribution < -0.4 is 16.8 Å². The van der Waals surface area contributed by atoms with Crippen LogP contribution in [-0.4, -0.2) is 51.2 Å². The van der Waals surface area contributed by atoms with Gasteiger partial charge in [-0.15, -0.1) is 0 Å². The molecule has 0 fully saturated rings. The van der Waals surface area contributed by atoms with Crippen LogP contribution >= 0.6 is 0 Å². The van der Waals surface area contributed by atoms with Gasteiger partial charge < -0.3 is 21.7 Å². The van der Waals surface area contributed by atoms with Crippen molar-refractivity contribution in [2.75, 3.05) is 46.3 Å². The summed E-state index contributed by atoms with van der Waals surface area (Å²) >= 11 is 0. The first-order chi connectivity index (χ1) is 5.31. The Morgan fingerprint density at radius 1 is 1.09 bits per heavy atom. The van der Waals surface area contributed by atoms with Gasteiger partial charge in [-0.1, -0.05) is 0 Å². The number of hydrogen-bond donors (Lipinski definition) is 3. The van der Waals surface area contributed by atoms with Crippen molar-refractivity contribution in [3.8, 4) is 0 Å². The average molecular weight is 160 g/mol. The lowest BCUT2D eigenvalue weighted by Crippen LogP contribution is -2.34. The van der Waals surface area contributed by atoms with Crippen LogP contribution in [-0.2, 0) is 0 Å².